The van der Waals surface area contributed by atoms with Crippen molar-refractivity contribution in [2.24, 2.45) is 0 Å². The van der Waals surface area contributed by atoms with Crippen molar-refractivity contribution >= 4 is 5.91 Å². The molecule has 1 amide bonds. The quantitative estimate of drug-likeness (QED) is 0.555. The average Bonchev–Trinajstić information content (AvgIpc) is 2.30. The maximum Gasteiger partial charge on any atom is 0.251 e. The molecule has 0 aromatic carbocycles. The summed E-state index contributed by atoms with van der Waals surface area (Å²) in [5, 5.41) is 2.75. The molecule has 2 aliphatic rings. The smallest absolute Gasteiger partial charge is 0.251 e. The first-order valence-electron chi connectivity index (χ1n) is 4.01. The summed E-state index contributed by atoms with van der Waals surface area (Å²) in [7, 11) is 0. The topological polar surface area (TPSA) is 29.1 Å². The van der Waals surface area contributed by atoms with Crippen molar-refractivity contribution in [3.8, 4) is 0 Å². The van der Waals surface area contributed by atoms with Crippen molar-refractivity contribution < 1.29 is 4.79 Å². The van der Waals surface area contributed by atoms with Gasteiger partial charge in [0.1, 0.15) is 0 Å². The van der Waals surface area contributed by atoms with Crippen LogP contribution < -0.4 is 5.32 Å². The van der Waals surface area contributed by atoms with Gasteiger partial charge in [0.25, 0.3) is 5.91 Å². The molecule has 1 N–H and O–H groups in total. The van der Waals surface area contributed by atoms with Gasteiger partial charge in [-0.2, -0.15) is 0 Å². The van der Waals surface area contributed by atoms with Gasteiger partial charge >= 0.3 is 0 Å². The standard InChI is InChI=1S/C9H11NO/c1-6-7-4-2-3-5-8(7)9(11)10-6/h1-5H2,(H,10,11). The molecular weight excluding hydrogens is 138 g/mol. The predicted molar refractivity (Wildman–Crippen MR) is 42.8 cm³/mol. The molecule has 2 rings (SSSR count). The Morgan fingerprint density at radius 3 is 2.45 bits per heavy atom. The van der Waals surface area contributed by atoms with Gasteiger partial charge in [-0.25, -0.2) is 0 Å². The summed E-state index contributed by atoms with van der Waals surface area (Å²) < 4.78 is 0. The molecule has 0 fully saturated rings. The van der Waals surface area contributed by atoms with Gasteiger partial charge < -0.3 is 5.32 Å². The minimum absolute atomic E-state index is 0.0877. The van der Waals surface area contributed by atoms with Gasteiger partial charge in [0.05, 0.1) is 0 Å². The number of hydrogen-bond donors (Lipinski definition) is 1. The molecule has 1 aliphatic heterocycles. The summed E-state index contributed by atoms with van der Waals surface area (Å²) in [6, 6.07) is 0. The molecule has 0 unspecified atom stereocenters. The number of carbonyl (C=O) groups is 1. The van der Waals surface area contributed by atoms with E-state index in [1.807, 2.05) is 0 Å². The van der Waals surface area contributed by atoms with Crippen molar-refractivity contribution in [2.45, 2.75) is 25.7 Å². The van der Waals surface area contributed by atoms with Crippen LogP contribution in [0, 0.1) is 0 Å². The maximum atomic E-state index is 11.2. The van der Waals surface area contributed by atoms with Crippen LogP contribution in [0.5, 0.6) is 0 Å². The molecule has 0 spiro atoms. The largest absolute Gasteiger partial charge is 0.323 e. The summed E-state index contributed by atoms with van der Waals surface area (Å²) in [5.41, 5.74) is 3.01. The summed E-state index contributed by atoms with van der Waals surface area (Å²) in [4.78, 5) is 11.2. The molecule has 0 aromatic rings. The fourth-order valence-corrected chi connectivity index (χ4v) is 1.78. The Morgan fingerprint density at radius 2 is 1.82 bits per heavy atom. The Balaban J connectivity index is 2.40. The Labute approximate surface area is 66.0 Å². The molecule has 0 bridgehead atoms. The Morgan fingerprint density at radius 1 is 1.18 bits per heavy atom. The van der Waals surface area contributed by atoms with E-state index in [2.05, 4.69) is 11.9 Å². The second kappa shape index (κ2) is 2.22. The minimum atomic E-state index is 0.0877. The number of nitrogens with one attached hydrogen (secondary N) is 1. The van der Waals surface area contributed by atoms with Crippen molar-refractivity contribution in [2.75, 3.05) is 0 Å². The molecule has 1 aliphatic carbocycles. The van der Waals surface area contributed by atoms with E-state index in [1.54, 1.807) is 0 Å². The average molecular weight is 149 g/mol. The molecular formula is C9H11NO. The zero-order valence-electron chi connectivity index (χ0n) is 6.44. The van der Waals surface area contributed by atoms with E-state index in [0.717, 1.165) is 30.5 Å². The van der Waals surface area contributed by atoms with E-state index in [4.69, 9.17) is 0 Å². The van der Waals surface area contributed by atoms with Crippen LogP contribution in [0.1, 0.15) is 25.7 Å². The van der Waals surface area contributed by atoms with Crippen LogP contribution >= 0.6 is 0 Å². The first-order valence-corrected chi connectivity index (χ1v) is 4.01. The van der Waals surface area contributed by atoms with Crippen molar-refractivity contribution in [3.05, 3.63) is 23.4 Å². The third-order valence-electron chi connectivity index (χ3n) is 2.37. The van der Waals surface area contributed by atoms with Crippen LogP contribution in [-0.4, -0.2) is 5.91 Å². The van der Waals surface area contributed by atoms with E-state index in [0.29, 0.717) is 0 Å². The van der Waals surface area contributed by atoms with Crippen LogP contribution in [0.4, 0.5) is 0 Å². The number of allylic oxidation sites excluding steroid dienone is 1. The molecule has 11 heavy (non-hydrogen) atoms. The maximum absolute atomic E-state index is 11.2. The van der Waals surface area contributed by atoms with E-state index in [9.17, 15) is 4.79 Å². The van der Waals surface area contributed by atoms with Crippen molar-refractivity contribution in [1.82, 2.24) is 5.32 Å². The fourth-order valence-electron chi connectivity index (χ4n) is 1.78. The lowest BCUT2D eigenvalue weighted by Gasteiger charge is -2.10. The highest BCUT2D eigenvalue weighted by molar-refractivity contribution is 6.00. The molecule has 0 saturated heterocycles. The summed E-state index contributed by atoms with van der Waals surface area (Å²) in [6.07, 6.45) is 4.33. The monoisotopic (exact) mass is 149 g/mol. The van der Waals surface area contributed by atoms with Gasteiger partial charge in [-0.1, -0.05) is 6.58 Å². The highest BCUT2D eigenvalue weighted by atomic mass is 16.1. The van der Waals surface area contributed by atoms with Gasteiger partial charge in [0.2, 0.25) is 0 Å². The predicted octanol–water partition coefficient (Wildman–Crippen LogP) is 1.50. The third kappa shape index (κ3) is 0.897. The van der Waals surface area contributed by atoms with Gasteiger partial charge in [0.15, 0.2) is 0 Å². The Bertz CT molecular complexity index is 237. The van der Waals surface area contributed by atoms with Gasteiger partial charge in [0, 0.05) is 11.3 Å². The summed E-state index contributed by atoms with van der Waals surface area (Å²) in [6.45, 7) is 3.80. The number of rotatable bonds is 0. The fraction of sp³-hybridized carbons (Fsp3) is 0.444. The van der Waals surface area contributed by atoms with Crippen LogP contribution in [0.3, 0.4) is 0 Å². The van der Waals surface area contributed by atoms with Crippen LogP contribution in [0.15, 0.2) is 23.4 Å². The lowest BCUT2D eigenvalue weighted by Crippen LogP contribution is -2.15. The molecule has 58 valence electrons. The molecule has 0 radical (unpaired) electrons. The van der Waals surface area contributed by atoms with E-state index in [1.165, 1.54) is 12.0 Å². The lowest BCUT2D eigenvalue weighted by atomic mass is 9.93. The highest BCUT2D eigenvalue weighted by Crippen LogP contribution is 2.32. The number of carbonyl (C=O) groups excluding carboxylic acids is 1. The minimum Gasteiger partial charge on any atom is -0.323 e. The van der Waals surface area contributed by atoms with Gasteiger partial charge in [-0.15, -0.1) is 0 Å². The summed E-state index contributed by atoms with van der Waals surface area (Å²) >= 11 is 0. The van der Waals surface area contributed by atoms with E-state index >= 15 is 0 Å². The lowest BCUT2D eigenvalue weighted by molar-refractivity contribution is -0.116. The second-order valence-corrected chi connectivity index (χ2v) is 3.10. The zero-order chi connectivity index (χ0) is 7.84. The Hall–Kier alpha value is -1.05. The normalized spacial score (nSPS) is 23.6. The van der Waals surface area contributed by atoms with Crippen molar-refractivity contribution in [3.63, 3.8) is 0 Å². The number of hydrogen-bond acceptors (Lipinski definition) is 1. The van der Waals surface area contributed by atoms with Crippen molar-refractivity contribution in [1.29, 1.82) is 0 Å². The molecule has 0 atom stereocenters. The molecule has 1 heterocycles. The van der Waals surface area contributed by atoms with Crippen LogP contribution in [-0.2, 0) is 4.79 Å². The zero-order valence-corrected chi connectivity index (χ0v) is 6.44. The first kappa shape index (κ1) is 6.65. The molecule has 2 nitrogen and oxygen atoms in total. The van der Waals surface area contributed by atoms with Crippen LogP contribution in [0.2, 0.25) is 0 Å². The van der Waals surface area contributed by atoms with Gasteiger partial charge in [-0.05, 0) is 31.3 Å². The van der Waals surface area contributed by atoms with E-state index in [-0.39, 0.29) is 5.91 Å². The second-order valence-electron chi connectivity index (χ2n) is 3.10. The van der Waals surface area contributed by atoms with Crippen LogP contribution in [0.25, 0.3) is 0 Å². The molecule has 2 heteroatoms. The van der Waals surface area contributed by atoms with Gasteiger partial charge in [-0.3, -0.25) is 4.79 Å². The summed E-state index contributed by atoms with van der Waals surface area (Å²) in [5.74, 6) is 0.0877. The SMILES string of the molecule is C=C1NC(=O)C2=C1CCCC2. The number of amides is 1. The third-order valence-corrected chi connectivity index (χ3v) is 2.37. The Kier molecular flexibility index (Phi) is 1.34. The molecule has 0 saturated carbocycles. The van der Waals surface area contributed by atoms with E-state index < -0.39 is 0 Å². The highest BCUT2D eigenvalue weighted by Gasteiger charge is 2.26. The first-order chi connectivity index (χ1) is 5.29. The molecule has 0 aromatic heterocycles.